The Morgan fingerprint density at radius 3 is 2.86 bits per heavy atom. The summed E-state index contributed by atoms with van der Waals surface area (Å²) in [5, 5.41) is 0. The minimum atomic E-state index is -1.45. The topological polar surface area (TPSA) is 29.5 Å². The van der Waals surface area contributed by atoms with Gasteiger partial charge in [0.05, 0.1) is 12.3 Å². The van der Waals surface area contributed by atoms with Gasteiger partial charge in [-0.25, -0.2) is 4.39 Å². The first kappa shape index (κ1) is 9.65. The summed E-state index contributed by atoms with van der Waals surface area (Å²) in [5.74, 6) is -0.473. The van der Waals surface area contributed by atoms with Gasteiger partial charge in [-0.2, -0.15) is 0 Å². The average molecular weight is 199 g/mol. The second kappa shape index (κ2) is 2.79. The highest BCUT2D eigenvalue weighted by atomic mass is 19.1. The number of hydrogen-bond acceptors (Lipinski definition) is 2. The van der Waals surface area contributed by atoms with Gasteiger partial charge >= 0.3 is 0 Å². The Hall–Kier alpha value is -0.900. The Morgan fingerprint density at radius 1 is 1.64 bits per heavy atom. The van der Waals surface area contributed by atoms with Crippen LogP contribution < -0.4 is 0 Å². The number of alkyl halides is 1. The van der Waals surface area contributed by atoms with E-state index in [4.69, 9.17) is 4.74 Å². The van der Waals surface area contributed by atoms with E-state index >= 15 is 0 Å². The van der Waals surface area contributed by atoms with Crippen LogP contribution in [0.4, 0.5) is 4.39 Å². The predicted octanol–water partition coefficient (Wildman–Crippen LogP) is 1.60. The van der Waals surface area contributed by atoms with Gasteiger partial charge in [0.2, 0.25) is 6.17 Å². The molecule has 1 unspecified atom stereocenters. The molecule has 1 fully saturated rings. The second-order valence-corrected chi connectivity index (χ2v) is 4.10. The summed E-state index contributed by atoms with van der Waals surface area (Å²) in [4.78, 5) is 13.1. The minimum absolute atomic E-state index is 0.350. The Balaban J connectivity index is 2.45. The van der Waals surface area contributed by atoms with Crippen molar-refractivity contribution in [2.24, 2.45) is 0 Å². The molecule has 2 heterocycles. The molecule has 1 atom stereocenters. The highest BCUT2D eigenvalue weighted by Crippen LogP contribution is 2.40. The first-order valence-corrected chi connectivity index (χ1v) is 4.83. The summed E-state index contributed by atoms with van der Waals surface area (Å²) in [6, 6.07) is 0. The maximum absolute atomic E-state index is 13.5. The predicted molar refractivity (Wildman–Crippen MR) is 49.1 cm³/mol. The fourth-order valence-corrected chi connectivity index (χ4v) is 2.13. The SMILES string of the molecule is CCC1=C2COC(C)(C)N2C(=O)C1F. The molecule has 2 aliphatic heterocycles. The lowest BCUT2D eigenvalue weighted by Crippen LogP contribution is -2.42. The van der Waals surface area contributed by atoms with Crippen LogP contribution in [0.15, 0.2) is 11.3 Å². The summed E-state index contributed by atoms with van der Waals surface area (Å²) in [6.07, 6.45) is -0.878. The molecule has 1 saturated heterocycles. The Bertz CT molecular complexity index is 322. The summed E-state index contributed by atoms with van der Waals surface area (Å²) in [6.45, 7) is 5.77. The Morgan fingerprint density at radius 2 is 2.29 bits per heavy atom. The van der Waals surface area contributed by atoms with Crippen molar-refractivity contribution in [2.75, 3.05) is 6.61 Å². The van der Waals surface area contributed by atoms with Crippen molar-refractivity contribution in [2.45, 2.75) is 39.1 Å². The van der Waals surface area contributed by atoms with E-state index in [1.165, 1.54) is 4.90 Å². The fourth-order valence-electron chi connectivity index (χ4n) is 2.13. The van der Waals surface area contributed by atoms with Gasteiger partial charge in [-0.3, -0.25) is 9.69 Å². The van der Waals surface area contributed by atoms with Crippen molar-refractivity contribution in [1.29, 1.82) is 0 Å². The number of ether oxygens (including phenoxy) is 1. The second-order valence-electron chi connectivity index (χ2n) is 4.10. The van der Waals surface area contributed by atoms with Crippen LogP contribution in [-0.4, -0.2) is 29.3 Å². The van der Waals surface area contributed by atoms with E-state index in [0.29, 0.717) is 18.6 Å². The number of amides is 1. The van der Waals surface area contributed by atoms with Crippen LogP contribution in [0.3, 0.4) is 0 Å². The van der Waals surface area contributed by atoms with E-state index in [1.54, 1.807) is 13.8 Å². The van der Waals surface area contributed by atoms with Crippen LogP contribution in [0, 0.1) is 0 Å². The zero-order valence-electron chi connectivity index (χ0n) is 8.63. The molecule has 14 heavy (non-hydrogen) atoms. The van der Waals surface area contributed by atoms with Crippen molar-refractivity contribution in [1.82, 2.24) is 4.90 Å². The molecule has 4 heteroatoms. The van der Waals surface area contributed by atoms with E-state index in [0.717, 1.165) is 5.70 Å². The third-order valence-electron chi connectivity index (χ3n) is 2.87. The summed E-state index contributed by atoms with van der Waals surface area (Å²) < 4.78 is 19.0. The van der Waals surface area contributed by atoms with E-state index in [2.05, 4.69) is 0 Å². The smallest absolute Gasteiger partial charge is 0.268 e. The van der Waals surface area contributed by atoms with Gasteiger partial charge in [0.15, 0.2) is 0 Å². The van der Waals surface area contributed by atoms with Gasteiger partial charge in [-0.05, 0) is 25.8 Å². The lowest BCUT2D eigenvalue weighted by molar-refractivity contribution is -0.144. The summed E-state index contributed by atoms with van der Waals surface area (Å²) in [7, 11) is 0. The number of halogens is 1. The van der Waals surface area contributed by atoms with Gasteiger partial charge in [0.25, 0.3) is 5.91 Å². The van der Waals surface area contributed by atoms with Crippen molar-refractivity contribution in [3.8, 4) is 0 Å². The highest BCUT2D eigenvalue weighted by Gasteiger charge is 2.50. The van der Waals surface area contributed by atoms with Crippen molar-refractivity contribution >= 4 is 5.91 Å². The first-order valence-electron chi connectivity index (χ1n) is 4.83. The Kier molecular flexibility index (Phi) is 1.93. The molecule has 3 nitrogen and oxygen atoms in total. The molecule has 0 bridgehead atoms. The van der Waals surface area contributed by atoms with Gasteiger partial charge in [-0.15, -0.1) is 0 Å². The fraction of sp³-hybridized carbons (Fsp3) is 0.700. The molecule has 1 amide bonds. The van der Waals surface area contributed by atoms with E-state index in [1.807, 2.05) is 6.92 Å². The molecule has 78 valence electrons. The summed E-state index contributed by atoms with van der Waals surface area (Å²) >= 11 is 0. The van der Waals surface area contributed by atoms with E-state index in [9.17, 15) is 9.18 Å². The lowest BCUT2D eigenvalue weighted by atomic mass is 10.1. The molecule has 0 aromatic rings. The van der Waals surface area contributed by atoms with Gasteiger partial charge in [0.1, 0.15) is 5.72 Å². The molecule has 0 spiro atoms. The molecule has 0 aromatic carbocycles. The molecule has 2 aliphatic rings. The number of carbonyl (C=O) groups excluding carboxylic acids is 1. The summed E-state index contributed by atoms with van der Waals surface area (Å²) in [5.41, 5.74) is 0.629. The standard InChI is InChI=1S/C10H14FNO2/c1-4-6-7-5-14-10(2,3)12(7)9(13)8(6)11/h8H,4-5H2,1-3H3. The number of fused-ring (bicyclic) bond motifs is 1. The highest BCUT2D eigenvalue weighted by molar-refractivity contribution is 5.90. The Labute approximate surface area is 82.5 Å². The van der Waals surface area contributed by atoms with Crippen LogP contribution in [0.5, 0.6) is 0 Å². The minimum Gasteiger partial charge on any atom is -0.350 e. The third-order valence-corrected chi connectivity index (χ3v) is 2.87. The van der Waals surface area contributed by atoms with E-state index in [-0.39, 0.29) is 0 Å². The molecule has 0 radical (unpaired) electrons. The normalized spacial score (nSPS) is 30.1. The molecule has 0 aliphatic carbocycles. The van der Waals surface area contributed by atoms with Crippen molar-refractivity contribution < 1.29 is 13.9 Å². The monoisotopic (exact) mass is 199 g/mol. The molecule has 0 N–H and O–H groups in total. The van der Waals surface area contributed by atoms with E-state index < -0.39 is 17.8 Å². The first-order chi connectivity index (χ1) is 6.49. The zero-order chi connectivity index (χ0) is 10.5. The maximum atomic E-state index is 13.5. The van der Waals surface area contributed by atoms with Crippen LogP contribution in [-0.2, 0) is 9.53 Å². The molecular formula is C10H14FNO2. The van der Waals surface area contributed by atoms with Crippen molar-refractivity contribution in [3.05, 3.63) is 11.3 Å². The zero-order valence-corrected chi connectivity index (χ0v) is 8.63. The largest absolute Gasteiger partial charge is 0.350 e. The van der Waals surface area contributed by atoms with Crippen LogP contribution in [0.2, 0.25) is 0 Å². The molecule has 0 aromatic heterocycles. The number of nitrogens with zero attached hydrogens (tertiary/aromatic N) is 1. The molecular weight excluding hydrogens is 185 g/mol. The quantitative estimate of drug-likeness (QED) is 0.642. The molecule has 2 rings (SSSR count). The third kappa shape index (κ3) is 1.03. The van der Waals surface area contributed by atoms with Crippen molar-refractivity contribution in [3.63, 3.8) is 0 Å². The van der Waals surface area contributed by atoms with Crippen LogP contribution >= 0.6 is 0 Å². The van der Waals surface area contributed by atoms with Gasteiger partial charge < -0.3 is 4.74 Å². The van der Waals surface area contributed by atoms with Gasteiger partial charge in [0, 0.05) is 0 Å². The number of hydrogen-bond donors (Lipinski definition) is 0. The van der Waals surface area contributed by atoms with Gasteiger partial charge in [-0.1, -0.05) is 6.92 Å². The number of rotatable bonds is 1. The molecule has 0 saturated carbocycles. The number of carbonyl (C=O) groups is 1. The van der Waals surface area contributed by atoms with Crippen LogP contribution in [0.1, 0.15) is 27.2 Å². The maximum Gasteiger partial charge on any atom is 0.268 e. The lowest BCUT2D eigenvalue weighted by Gasteiger charge is -2.27. The average Bonchev–Trinajstić information content (AvgIpc) is 2.53. The van der Waals surface area contributed by atoms with Crippen LogP contribution in [0.25, 0.3) is 0 Å².